The lowest BCUT2D eigenvalue weighted by molar-refractivity contribution is -0.137. The van der Waals surface area contributed by atoms with E-state index in [1.54, 1.807) is 4.31 Å². The fourth-order valence-corrected chi connectivity index (χ4v) is 4.18. The first kappa shape index (κ1) is 18.3. The van der Waals surface area contributed by atoms with Crippen molar-refractivity contribution >= 4 is 17.3 Å². The summed E-state index contributed by atoms with van der Waals surface area (Å²) in [7, 11) is 0. The van der Waals surface area contributed by atoms with Gasteiger partial charge >= 0.3 is 6.18 Å². The summed E-state index contributed by atoms with van der Waals surface area (Å²) in [6.07, 6.45) is -4.39. The van der Waals surface area contributed by atoms with Crippen LogP contribution < -0.4 is 0 Å². The highest BCUT2D eigenvalue weighted by atomic mass is 32.2. The van der Waals surface area contributed by atoms with Crippen LogP contribution in [0.15, 0.2) is 34.2 Å². The smallest absolute Gasteiger partial charge is 0.416 e. The van der Waals surface area contributed by atoms with Crippen molar-refractivity contribution in [2.45, 2.75) is 18.0 Å². The lowest BCUT2D eigenvalue weighted by Gasteiger charge is -2.37. The number of nitrogens with zero attached hydrogens (tertiary/aromatic N) is 4. The first-order valence-electron chi connectivity index (χ1n) is 8.28. The molecular weight excluding hydrogens is 353 g/mol. The molecular formula is C16H21F3N4OS. The SMILES string of the molecule is CCN1CCN(C2=NCCN2[S+]([O-])c2ccc(C(F)(F)F)cc2)CC1. The molecule has 0 bridgehead atoms. The topological polar surface area (TPSA) is 45.1 Å². The zero-order chi connectivity index (χ0) is 18.0. The highest BCUT2D eigenvalue weighted by Gasteiger charge is 2.35. The minimum Gasteiger partial charge on any atom is -0.588 e. The summed E-state index contributed by atoms with van der Waals surface area (Å²) in [5.74, 6) is 0.689. The summed E-state index contributed by atoms with van der Waals surface area (Å²) in [6, 6.07) is 4.51. The van der Waals surface area contributed by atoms with Gasteiger partial charge in [-0.1, -0.05) is 6.92 Å². The van der Waals surface area contributed by atoms with Gasteiger partial charge in [-0.2, -0.15) is 17.5 Å². The third kappa shape index (κ3) is 4.04. The molecule has 5 nitrogen and oxygen atoms in total. The number of hydrogen-bond donors (Lipinski definition) is 0. The Morgan fingerprint density at radius 2 is 1.72 bits per heavy atom. The number of halogens is 3. The van der Waals surface area contributed by atoms with E-state index < -0.39 is 23.1 Å². The number of rotatable bonds is 3. The van der Waals surface area contributed by atoms with Gasteiger partial charge in [-0.05, 0) is 30.8 Å². The Hall–Kier alpha value is -1.45. The molecule has 1 atom stereocenters. The molecule has 0 N–H and O–H groups in total. The number of likely N-dealkylation sites (N-methyl/N-ethyl adjacent to an activating group) is 1. The Bertz CT molecular complexity index is 615. The molecule has 1 unspecified atom stereocenters. The van der Waals surface area contributed by atoms with E-state index in [9.17, 15) is 17.7 Å². The average Bonchev–Trinajstić information content (AvgIpc) is 3.10. The molecule has 0 amide bonds. The van der Waals surface area contributed by atoms with Gasteiger partial charge in [0.05, 0.1) is 18.7 Å². The highest BCUT2D eigenvalue weighted by Crippen LogP contribution is 2.30. The molecule has 0 spiro atoms. The zero-order valence-corrected chi connectivity index (χ0v) is 14.8. The van der Waals surface area contributed by atoms with Crippen molar-refractivity contribution in [2.75, 3.05) is 45.8 Å². The Labute approximate surface area is 148 Å². The van der Waals surface area contributed by atoms with Crippen molar-refractivity contribution in [1.82, 2.24) is 14.1 Å². The largest absolute Gasteiger partial charge is 0.588 e. The fourth-order valence-electron chi connectivity index (χ4n) is 2.99. The van der Waals surface area contributed by atoms with Gasteiger partial charge in [-0.15, -0.1) is 0 Å². The summed E-state index contributed by atoms with van der Waals surface area (Å²) in [4.78, 5) is 9.28. The fraction of sp³-hybridized carbons (Fsp3) is 0.562. The van der Waals surface area contributed by atoms with Crippen LogP contribution >= 0.6 is 0 Å². The van der Waals surface area contributed by atoms with Gasteiger partial charge in [0, 0.05) is 26.2 Å². The van der Waals surface area contributed by atoms with E-state index in [4.69, 9.17) is 0 Å². The molecule has 138 valence electrons. The van der Waals surface area contributed by atoms with Crippen molar-refractivity contribution in [3.05, 3.63) is 29.8 Å². The van der Waals surface area contributed by atoms with E-state index in [1.165, 1.54) is 12.1 Å². The standard InChI is InChI=1S/C16H21F3N4OS/c1-2-21-9-11-22(12-10-21)15-20-7-8-23(15)25(24)14-5-3-13(4-6-14)16(17,18)19/h3-6H,2,7-12H2,1H3. The predicted octanol–water partition coefficient (Wildman–Crippen LogP) is 2.04. The van der Waals surface area contributed by atoms with Crippen molar-refractivity contribution in [3.63, 3.8) is 0 Å². The summed E-state index contributed by atoms with van der Waals surface area (Å²) < 4.78 is 52.5. The van der Waals surface area contributed by atoms with Crippen LogP contribution in [0.1, 0.15) is 12.5 Å². The number of benzene rings is 1. The highest BCUT2D eigenvalue weighted by molar-refractivity contribution is 7.89. The molecule has 1 saturated heterocycles. The van der Waals surface area contributed by atoms with E-state index in [0.29, 0.717) is 23.9 Å². The van der Waals surface area contributed by atoms with E-state index in [0.717, 1.165) is 44.9 Å². The molecule has 3 rings (SSSR count). The molecule has 2 aliphatic rings. The Kier molecular flexibility index (Phi) is 5.45. The van der Waals surface area contributed by atoms with Gasteiger partial charge in [0.15, 0.2) is 4.90 Å². The molecule has 1 aromatic carbocycles. The normalized spacial score (nSPS) is 20.8. The third-order valence-corrected chi connectivity index (χ3v) is 5.89. The van der Waals surface area contributed by atoms with Crippen molar-refractivity contribution in [3.8, 4) is 0 Å². The average molecular weight is 374 g/mol. The van der Waals surface area contributed by atoms with E-state index in [2.05, 4.69) is 21.7 Å². The van der Waals surface area contributed by atoms with Crippen LogP contribution in [0.3, 0.4) is 0 Å². The van der Waals surface area contributed by atoms with E-state index >= 15 is 0 Å². The summed E-state index contributed by atoms with van der Waals surface area (Å²) in [6.45, 7) is 7.66. The Balaban J connectivity index is 1.69. The summed E-state index contributed by atoms with van der Waals surface area (Å²) >= 11 is -1.56. The molecule has 1 fully saturated rings. The third-order valence-electron chi connectivity index (χ3n) is 4.47. The minimum absolute atomic E-state index is 0.356. The number of alkyl halides is 3. The quantitative estimate of drug-likeness (QED) is 0.760. The van der Waals surface area contributed by atoms with Crippen LogP contribution in [0.4, 0.5) is 13.2 Å². The Morgan fingerprint density at radius 1 is 1.08 bits per heavy atom. The second-order valence-corrected chi connectivity index (χ2v) is 7.39. The molecule has 0 aliphatic carbocycles. The molecule has 2 heterocycles. The van der Waals surface area contributed by atoms with Gasteiger partial charge in [0.25, 0.3) is 0 Å². The van der Waals surface area contributed by atoms with Crippen LogP contribution in [-0.2, 0) is 17.5 Å². The number of aliphatic imine (C=N–C) groups is 1. The minimum atomic E-state index is -4.39. The van der Waals surface area contributed by atoms with Gasteiger partial charge in [0.2, 0.25) is 5.96 Å². The monoisotopic (exact) mass is 374 g/mol. The van der Waals surface area contributed by atoms with Crippen LogP contribution in [0.2, 0.25) is 0 Å². The maximum atomic E-state index is 12.8. The van der Waals surface area contributed by atoms with Crippen LogP contribution in [-0.4, -0.2) is 70.4 Å². The summed E-state index contributed by atoms with van der Waals surface area (Å²) in [5.41, 5.74) is -0.737. The van der Waals surface area contributed by atoms with Gasteiger partial charge in [-0.3, -0.25) is 0 Å². The van der Waals surface area contributed by atoms with Crippen molar-refractivity contribution in [1.29, 1.82) is 0 Å². The number of hydrogen-bond acceptors (Lipinski definition) is 5. The molecule has 1 aromatic rings. The van der Waals surface area contributed by atoms with Crippen LogP contribution in [0, 0.1) is 0 Å². The van der Waals surface area contributed by atoms with Gasteiger partial charge in [-0.25, -0.2) is 4.99 Å². The lowest BCUT2D eigenvalue weighted by Crippen LogP contribution is -2.53. The number of guanidine groups is 1. The van der Waals surface area contributed by atoms with Gasteiger partial charge in [0.1, 0.15) is 11.4 Å². The maximum Gasteiger partial charge on any atom is 0.416 e. The molecule has 25 heavy (non-hydrogen) atoms. The maximum absolute atomic E-state index is 12.8. The lowest BCUT2D eigenvalue weighted by atomic mass is 10.2. The first-order valence-corrected chi connectivity index (χ1v) is 9.39. The second-order valence-electron chi connectivity index (χ2n) is 5.98. The first-order chi connectivity index (χ1) is 11.9. The molecule has 0 saturated carbocycles. The predicted molar refractivity (Wildman–Crippen MR) is 90.5 cm³/mol. The van der Waals surface area contributed by atoms with Crippen LogP contribution in [0.5, 0.6) is 0 Å². The van der Waals surface area contributed by atoms with E-state index in [1.807, 2.05) is 0 Å². The van der Waals surface area contributed by atoms with Crippen LogP contribution in [0.25, 0.3) is 0 Å². The van der Waals surface area contributed by atoms with E-state index in [-0.39, 0.29) is 0 Å². The Morgan fingerprint density at radius 3 is 2.28 bits per heavy atom. The molecule has 9 heteroatoms. The number of piperazine rings is 1. The van der Waals surface area contributed by atoms with Crippen molar-refractivity contribution < 1.29 is 17.7 Å². The van der Waals surface area contributed by atoms with Gasteiger partial charge < -0.3 is 14.4 Å². The summed E-state index contributed by atoms with van der Waals surface area (Å²) in [5, 5.41) is 0. The van der Waals surface area contributed by atoms with Crippen molar-refractivity contribution in [2.24, 2.45) is 4.99 Å². The molecule has 2 aliphatic heterocycles. The molecule has 0 radical (unpaired) electrons. The second kappa shape index (κ2) is 7.43. The molecule has 0 aromatic heterocycles. The zero-order valence-electron chi connectivity index (χ0n) is 14.0.